The number of anilines is 1. The molecule has 5 amide bonds. The van der Waals surface area contributed by atoms with Gasteiger partial charge in [-0.25, -0.2) is 0 Å². The van der Waals surface area contributed by atoms with Gasteiger partial charge >= 0.3 is 0 Å². The van der Waals surface area contributed by atoms with Crippen LogP contribution in [0.4, 0.5) is 5.69 Å². The van der Waals surface area contributed by atoms with E-state index in [1.54, 1.807) is 36.4 Å². The number of nitrogens with zero attached hydrogens (tertiary/aromatic N) is 4. The van der Waals surface area contributed by atoms with Crippen molar-refractivity contribution >= 4 is 46.8 Å². The molecule has 3 aromatic rings. The minimum absolute atomic E-state index is 0.0682. The van der Waals surface area contributed by atoms with Crippen molar-refractivity contribution in [1.82, 2.24) is 20.4 Å². The van der Waals surface area contributed by atoms with Crippen molar-refractivity contribution in [1.29, 1.82) is 5.26 Å². The summed E-state index contributed by atoms with van der Waals surface area (Å²) in [6, 6.07) is 18.5. The number of benzene rings is 3. The van der Waals surface area contributed by atoms with Crippen LogP contribution in [-0.4, -0.2) is 96.9 Å². The Labute approximate surface area is 330 Å². The van der Waals surface area contributed by atoms with E-state index in [0.717, 1.165) is 49.7 Å². The molecular formula is C42H45ClN6O7. The van der Waals surface area contributed by atoms with Crippen LogP contribution in [0.15, 0.2) is 60.7 Å². The summed E-state index contributed by atoms with van der Waals surface area (Å²) in [5, 5.41) is 15.0. The van der Waals surface area contributed by atoms with E-state index in [-0.39, 0.29) is 52.9 Å². The number of hydrogen-bond donors (Lipinski definition) is 2. The van der Waals surface area contributed by atoms with Crippen molar-refractivity contribution in [3.63, 3.8) is 0 Å². The van der Waals surface area contributed by atoms with Crippen molar-refractivity contribution in [2.24, 2.45) is 10.8 Å². The summed E-state index contributed by atoms with van der Waals surface area (Å²) < 4.78 is 12.3. The van der Waals surface area contributed by atoms with Crippen LogP contribution in [0.1, 0.15) is 83.6 Å². The van der Waals surface area contributed by atoms with E-state index in [1.165, 1.54) is 0 Å². The van der Waals surface area contributed by atoms with Gasteiger partial charge in [0, 0.05) is 73.3 Å². The van der Waals surface area contributed by atoms with Gasteiger partial charge in [-0.15, -0.1) is 0 Å². The zero-order valence-electron chi connectivity index (χ0n) is 31.9. The number of amides is 5. The number of rotatable bonds is 11. The highest BCUT2D eigenvalue weighted by Gasteiger charge is 2.64. The Morgan fingerprint density at radius 2 is 1.59 bits per heavy atom. The topological polar surface area (TPSA) is 161 Å². The fraction of sp³-hybridized carbons (Fsp3) is 0.429. The number of carbonyl (C=O) groups excluding carboxylic acids is 5. The number of halogens is 1. The summed E-state index contributed by atoms with van der Waals surface area (Å²) in [6.07, 6.45) is 0.750. The predicted octanol–water partition coefficient (Wildman–Crippen LogP) is 4.82. The third-order valence-electron chi connectivity index (χ3n) is 11.6. The lowest BCUT2D eigenvalue weighted by molar-refractivity contribution is -0.164. The van der Waals surface area contributed by atoms with E-state index in [0.29, 0.717) is 34.3 Å². The lowest BCUT2D eigenvalue weighted by Gasteiger charge is -2.63. The van der Waals surface area contributed by atoms with E-state index >= 15 is 0 Å². The summed E-state index contributed by atoms with van der Waals surface area (Å²) >= 11 is 6.24. The number of piperazine rings is 1. The van der Waals surface area contributed by atoms with Gasteiger partial charge in [-0.3, -0.25) is 39.1 Å². The first-order valence-corrected chi connectivity index (χ1v) is 19.3. The Bertz CT molecular complexity index is 2110. The fourth-order valence-corrected chi connectivity index (χ4v) is 9.09. The minimum atomic E-state index is -1.01. The van der Waals surface area contributed by atoms with Crippen molar-refractivity contribution < 1.29 is 33.4 Å². The molecule has 0 aromatic heterocycles. The van der Waals surface area contributed by atoms with Gasteiger partial charge in [0.05, 0.1) is 28.3 Å². The zero-order valence-corrected chi connectivity index (χ0v) is 32.7. The third kappa shape index (κ3) is 7.31. The summed E-state index contributed by atoms with van der Waals surface area (Å²) in [7, 11) is 0. The van der Waals surface area contributed by atoms with Gasteiger partial charge in [-0.1, -0.05) is 39.3 Å². The van der Waals surface area contributed by atoms with Crippen molar-refractivity contribution in [2.75, 3.05) is 44.2 Å². The molecule has 1 unspecified atom stereocenters. The summed E-state index contributed by atoms with van der Waals surface area (Å²) in [4.78, 5) is 69.0. The molecule has 13 nitrogen and oxygen atoms in total. The van der Waals surface area contributed by atoms with Gasteiger partial charge in [0.15, 0.2) is 0 Å². The monoisotopic (exact) mass is 780 g/mol. The lowest BCUT2D eigenvalue weighted by Crippen LogP contribution is -2.74. The molecule has 56 heavy (non-hydrogen) atoms. The van der Waals surface area contributed by atoms with Crippen LogP contribution in [0.3, 0.4) is 0 Å². The Hall–Kier alpha value is -5.45. The van der Waals surface area contributed by atoms with Crippen LogP contribution in [0, 0.1) is 22.2 Å². The average Bonchev–Trinajstić information content (AvgIpc) is 3.42. The van der Waals surface area contributed by atoms with Crippen LogP contribution in [0.5, 0.6) is 11.5 Å². The molecule has 3 aliphatic heterocycles. The van der Waals surface area contributed by atoms with E-state index in [1.807, 2.05) is 24.3 Å². The molecule has 0 bridgehead atoms. The second kappa shape index (κ2) is 15.2. The van der Waals surface area contributed by atoms with Crippen molar-refractivity contribution in [3.05, 3.63) is 87.9 Å². The van der Waals surface area contributed by atoms with E-state index in [4.69, 9.17) is 21.1 Å². The van der Waals surface area contributed by atoms with Crippen molar-refractivity contribution in [3.8, 4) is 17.6 Å². The molecule has 14 heteroatoms. The SMILES string of the molecule is CC1(C)C(NC(=O)c2ccc(N3CCN(CCCOc4ccc5c(c4)C(=O)N(C4CCC(=O)NC4=O)C5=O)CC3)cc2)C(C)(C)C1Oc1ccc(C#N)c(Cl)c1. The van der Waals surface area contributed by atoms with Gasteiger partial charge in [0.1, 0.15) is 29.7 Å². The molecule has 2 N–H and O–H groups in total. The second-order valence-corrected chi connectivity index (χ2v) is 16.4. The molecule has 2 saturated heterocycles. The van der Waals surface area contributed by atoms with Gasteiger partial charge in [0.25, 0.3) is 17.7 Å². The number of ether oxygens (including phenoxy) is 2. The zero-order chi connectivity index (χ0) is 39.9. The largest absolute Gasteiger partial charge is 0.494 e. The highest BCUT2D eigenvalue weighted by molar-refractivity contribution is 6.31. The number of piperidine rings is 1. The maximum Gasteiger partial charge on any atom is 0.262 e. The highest BCUT2D eigenvalue weighted by Crippen LogP contribution is 2.55. The van der Waals surface area contributed by atoms with Gasteiger partial charge in [-0.05, 0) is 67.4 Å². The molecule has 3 aromatic carbocycles. The molecule has 1 atom stereocenters. The minimum Gasteiger partial charge on any atom is -0.494 e. The first-order valence-electron chi connectivity index (χ1n) is 18.9. The molecule has 7 rings (SSSR count). The van der Waals surface area contributed by atoms with E-state index in [9.17, 15) is 29.2 Å². The highest BCUT2D eigenvalue weighted by atomic mass is 35.5. The van der Waals surface area contributed by atoms with Crippen LogP contribution >= 0.6 is 11.6 Å². The standard InChI is InChI=1S/C42H45ClN6O7/c1-41(2)39(42(3,4)40(41)56-29-11-8-26(24-44)32(43)23-29)46-35(51)25-6-9-27(10-7-25)48-19-17-47(18-20-48)16-5-21-55-28-12-13-30-31(22-28)38(54)49(37(30)53)33-14-15-34(50)45-36(33)52/h6-13,22-23,33,39-40H,5,14-21H2,1-4H3,(H,46,51)(H,45,50,52). The van der Waals surface area contributed by atoms with Crippen LogP contribution < -0.4 is 25.0 Å². The molecule has 4 aliphatic rings. The molecule has 0 radical (unpaired) electrons. The lowest BCUT2D eigenvalue weighted by atomic mass is 9.49. The molecule has 0 spiro atoms. The van der Waals surface area contributed by atoms with E-state index in [2.05, 4.69) is 54.2 Å². The molecule has 1 aliphatic carbocycles. The summed E-state index contributed by atoms with van der Waals surface area (Å²) in [6.45, 7) is 13.0. The number of nitrogens with one attached hydrogen (secondary N) is 2. The second-order valence-electron chi connectivity index (χ2n) is 16.0. The smallest absolute Gasteiger partial charge is 0.262 e. The molecule has 3 fully saturated rings. The molecule has 1 saturated carbocycles. The Morgan fingerprint density at radius 1 is 0.911 bits per heavy atom. The Balaban J connectivity index is 0.847. The normalized spacial score (nSPS) is 22.8. The molecule has 3 heterocycles. The summed E-state index contributed by atoms with van der Waals surface area (Å²) in [5.41, 5.74) is 1.73. The number of hydrogen-bond acceptors (Lipinski definition) is 10. The Morgan fingerprint density at radius 3 is 2.25 bits per heavy atom. The molecule has 292 valence electrons. The molecular weight excluding hydrogens is 736 g/mol. The number of fused-ring (bicyclic) bond motifs is 1. The third-order valence-corrected chi connectivity index (χ3v) is 11.9. The Kier molecular flexibility index (Phi) is 10.6. The number of carbonyl (C=O) groups is 5. The van der Waals surface area contributed by atoms with Gasteiger partial charge in [0.2, 0.25) is 11.8 Å². The van der Waals surface area contributed by atoms with Gasteiger partial charge in [-0.2, -0.15) is 5.26 Å². The fourth-order valence-electron chi connectivity index (χ4n) is 8.88. The quantitative estimate of drug-likeness (QED) is 0.204. The maximum absolute atomic E-state index is 13.4. The van der Waals surface area contributed by atoms with Crippen molar-refractivity contribution in [2.45, 2.75) is 65.1 Å². The van der Waals surface area contributed by atoms with E-state index < -0.39 is 29.7 Å². The first kappa shape index (κ1) is 38.8. The number of imide groups is 2. The van der Waals surface area contributed by atoms with Crippen LogP contribution in [0.2, 0.25) is 5.02 Å². The first-order chi connectivity index (χ1) is 26.7. The van der Waals surface area contributed by atoms with Crippen LogP contribution in [0.25, 0.3) is 0 Å². The van der Waals surface area contributed by atoms with Crippen LogP contribution in [-0.2, 0) is 9.59 Å². The predicted molar refractivity (Wildman–Crippen MR) is 208 cm³/mol. The van der Waals surface area contributed by atoms with Gasteiger partial charge < -0.3 is 19.7 Å². The summed E-state index contributed by atoms with van der Waals surface area (Å²) in [5.74, 6) is -1.23. The number of nitriles is 1. The maximum atomic E-state index is 13.4. The average molecular weight is 781 g/mol.